The van der Waals surface area contributed by atoms with Crippen molar-refractivity contribution in [1.82, 2.24) is 20.0 Å². The number of carbonyl (C=O) groups excluding carboxylic acids is 2. The monoisotopic (exact) mass is 386 g/mol. The van der Waals surface area contributed by atoms with Gasteiger partial charge in [-0.25, -0.2) is 4.79 Å². The summed E-state index contributed by atoms with van der Waals surface area (Å²) in [5.74, 6) is -0.885. The summed E-state index contributed by atoms with van der Waals surface area (Å²) in [6.45, 7) is 5.98. The van der Waals surface area contributed by atoms with Gasteiger partial charge in [0, 0.05) is 38.9 Å². The summed E-state index contributed by atoms with van der Waals surface area (Å²) >= 11 is 0. The Morgan fingerprint density at radius 2 is 1.93 bits per heavy atom. The molecule has 1 aliphatic heterocycles. The van der Waals surface area contributed by atoms with E-state index in [9.17, 15) is 9.59 Å². The van der Waals surface area contributed by atoms with Crippen LogP contribution in [0.1, 0.15) is 27.2 Å². The van der Waals surface area contributed by atoms with Crippen molar-refractivity contribution in [3.05, 3.63) is 52.8 Å². The molecule has 28 heavy (non-hydrogen) atoms. The summed E-state index contributed by atoms with van der Waals surface area (Å²) in [7, 11) is 1.74. The Hall–Kier alpha value is -2.71. The molecule has 2 heterocycles. The number of nitrogens with zero attached hydrogens (tertiary/aromatic N) is 3. The van der Waals surface area contributed by atoms with Crippen molar-refractivity contribution < 1.29 is 19.1 Å². The smallest absolute Gasteiger partial charge is 0.342 e. The van der Waals surface area contributed by atoms with E-state index in [0.29, 0.717) is 17.8 Å². The molecule has 8 heteroatoms. The molecular formula is C20H26N4O4. The van der Waals surface area contributed by atoms with E-state index >= 15 is 0 Å². The van der Waals surface area contributed by atoms with Gasteiger partial charge >= 0.3 is 5.97 Å². The Labute approximate surface area is 164 Å². The fourth-order valence-electron chi connectivity index (χ4n) is 3.04. The molecule has 1 saturated heterocycles. The maximum absolute atomic E-state index is 12.1. The summed E-state index contributed by atoms with van der Waals surface area (Å²) in [6.07, 6.45) is 1.44. The molecule has 1 aromatic carbocycles. The highest BCUT2D eigenvalue weighted by Gasteiger charge is 2.16. The Balaban J connectivity index is 1.49. The van der Waals surface area contributed by atoms with Gasteiger partial charge in [-0.1, -0.05) is 24.3 Å². The second-order valence-electron chi connectivity index (χ2n) is 6.78. The van der Waals surface area contributed by atoms with Crippen molar-refractivity contribution in [2.45, 2.75) is 20.0 Å². The quantitative estimate of drug-likeness (QED) is 0.716. The van der Waals surface area contributed by atoms with E-state index in [0.717, 1.165) is 38.4 Å². The fraction of sp³-hybridized carbons (Fsp3) is 0.450. The van der Waals surface area contributed by atoms with Gasteiger partial charge in [0.15, 0.2) is 6.61 Å². The number of amides is 1. The Bertz CT molecular complexity index is 827. The van der Waals surface area contributed by atoms with Crippen LogP contribution >= 0.6 is 0 Å². The summed E-state index contributed by atoms with van der Waals surface area (Å²) in [6, 6.07) is 8.03. The Morgan fingerprint density at radius 3 is 2.61 bits per heavy atom. The second kappa shape index (κ2) is 9.48. The first-order chi connectivity index (χ1) is 13.5. The lowest BCUT2D eigenvalue weighted by Gasteiger charge is -2.27. The largest absolute Gasteiger partial charge is 0.452 e. The number of hydrogen-bond donors (Lipinski definition) is 1. The minimum absolute atomic E-state index is 0.321. The van der Waals surface area contributed by atoms with Gasteiger partial charge in [0.1, 0.15) is 5.56 Å². The van der Waals surface area contributed by atoms with Gasteiger partial charge in [0.05, 0.1) is 19.4 Å². The number of ether oxygens (including phenoxy) is 2. The average molecular weight is 386 g/mol. The standard InChI is InChI=1S/C20H26N4O4/c1-15-18(12-22-23(15)2)20(26)28-14-19(25)21-11-16-5-3-4-6-17(16)13-24-7-9-27-10-8-24/h3-6,12H,7-11,13-14H2,1-2H3,(H,21,25). The molecule has 2 aromatic rings. The highest BCUT2D eigenvalue weighted by molar-refractivity contribution is 5.92. The number of nitrogens with one attached hydrogen (secondary N) is 1. The number of aryl methyl sites for hydroxylation is 1. The molecule has 0 aliphatic carbocycles. The van der Waals surface area contributed by atoms with Crippen LogP contribution in [-0.4, -0.2) is 59.5 Å². The minimum Gasteiger partial charge on any atom is -0.452 e. The van der Waals surface area contributed by atoms with E-state index in [-0.39, 0.29) is 12.5 Å². The van der Waals surface area contributed by atoms with Gasteiger partial charge < -0.3 is 14.8 Å². The lowest BCUT2D eigenvalue weighted by Crippen LogP contribution is -2.36. The van der Waals surface area contributed by atoms with Gasteiger partial charge in [-0.3, -0.25) is 14.4 Å². The molecule has 1 aromatic heterocycles. The van der Waals surface area contributed by atoms with Crippen molar-refractivity contribution in [1.29, 1.82) is 0 Å². The van der Waals surface area contributed by atoms with Crippen molar-refractivity contribution >= 4 is 11.9 Å². The zero-order valence-corrected chi connectivity index (χ0v) is 16.3. The maximum atomic E-state index is 12.1. The number of benzene rings is 1. The molecule has 1 aliphatic rings. The van der Waals surface area contributed by atoms with Crippen molar-refractivity contribution in [3.63, 3.8) is 0 Å². The normalized spacial score (nSPS) is 14.6. The summed E-state index contributed by atoms with van der Waals surface area (Å²) in [4.78, 5) is 26.5. The van der Waals surface area contributed by atoms with Gasteiger partial charge in [0.25, 0.3) is 5.91 Å². The predicted molar refractivity (Wildman–Crippen MR) is 103 cm³/mol. The zero-order chi connectivity index (χ0) is 19.9. The van der Waals surface area contributed by atoms with Crippen molar-refractivity contribution in [2.75, 3.05) is 32.9 Å². The topological polar surface area (TPSA) is 85.7 Å². The first-order valence-corrected chi connectivity index (χ1v) is 9.34. The van der Waals surface area contributed by atoms with Crippen LogP contribution in [0.3, 0.4) is 0 Å². The van der Waals surface area contributed by atoms with Crippen LogP contribution in [-0.2, 0) is 34.4 Å². The molecular weight excluding hydrogens is 360 g/mol. The summed E-state index contributed by atoms with van der Waals surface area (Å²) < 4.78 is 12.1. The van der Waals surface area contributed by atoms with Crippen molar-refractivity contribution in [2.24, 2.45) is 7.05 Å². The number of rotatable bonds is 7. The van der Waals surface area contributed by atoms with E-state index in [1.54, 1.807) is 18.7 Å². The molecule has 1 amide bonds. The van der Waals surface area contributed by atoms with E-state index in [1.165, 1.54) is 11.8 Å². The molecule has 0 saturated carbocycles. The van der Waals surface area contributed by atoms with E-state index in [4.69, 9.17) is 9.47 Å². The summed E-state index contributed by atoms with van der Waals surface area (Å²) in [5.41, 5.74) is 3.29. The molecule has 0 bridgehead atoms. The van der Waals surface area contributed by atoms with Crippen LogP contribution in [0.25, 0.3) is 0 Å². The van der Waals surface area contributed by atoms with Gasteiger partial charge in [-0.15, -0.1) is 0 Å². The lowest BCUT2D eigenvalue weighted by molar-refractivity contribution is -0.124. The van der Waals surface area contributed by atoms with E-state index in [2.05, 4.69) is 21.4 Å². The first kappa shape index (κ1) is 20.0. The SMILES string of the molecule is Cc1c(C(=O)OCC(=O)NCc2ccccc2CN2CCOCC2)cnn1C. The summed E-state index contributed by atoms with van der Waals surface area (Å²) in [5, 5.41) is 6.82. The van der Waals surface area contributed by atoms with Gasteiger partial charge in [0.2, 0.25) is 0 Å². The zero-order valence-electron chi connectivity index (χ0n) is 16.3. The predicted octanol–water partition coefficient (Wildman–Crippen LogP) is 1.03. The molecule has 0 radical (unpaired) electrons. The highest BCUT2D eigenvalue weighted by Crippen LogP contribution is 2.13. The number of esters is 1. The highest BCUT2D eigenvalue weighted by atomic mass is 16.5. The number of carbonyl (C=O) groups is 2. The van der Waals surface area contributed by atoms with E-state index in [1.807, 2.05) is 18.2 Å². The van der Waals surface area contributed by atoms with Crippen LogP contribution < -0.4 is 5.32 Å². The molecule has 3 rings (SSSR count). The second-order valence-corrected chi connectivity index (χ2v) is 6.78. The molecule has 0 unspecified atom stereocenters. The van der Waals surface area contributed by atoms with Crippen LogP contribution in [0.4, 0.5) is 0 Å². The maximum Gasteiger partial charge on any atom is 0.342 e. The Morgan fingerprint density at radius 1 is 1.21 bits per heavy atom. The molecule has 0 atom stereocenters. The molecule has 150 valence electrons. The number of morpholine rings is 1. The third-order valence-electron chi connectivity index (χ3n) is 4.88. The third-order valence-corrected chi connectivity index (χ3v) is 4.88. The Kier molecular flexibility index (Phi) is 6.78. The average Bonchev–Trinajstić information content (AvgIpc) is 3.05. The van der Waals surface area contributed by atoms with Crippen molar-refractivity contribution in [3.8, 4) is 0 Å². The van der Waals surface area contributed by atoms with Crippen LogP contribution in [0, 0.1) is 6.92 Å². The molecule has 0 spiro atoms. The van der Waals surface area contributed by atoms with Gasteiger partial charge in [-0.2, -0.15) is 5.10 Å². The molecule has 8 nitrogen and oxygen atoms in total. The first-order valence-electron chi connectivity index (χ1n) is 9.34. The van der Waals surface area contributed by atoms with Crippen LogP contribution in [0.2, 0.25) is 0 Å². The minimum atomic E-state index is -0.548. The number of aromatic nitrogens is 2. The van der Waals surface area contributed by atoms with Crippen LogP contribution in [0.5, 0.6) is 0 Å². The molecule has 1 N–H and O–H groups in total. The van der Waals surface area contributed by atoms with Gasteiger partial charge in [-0.05, 0) is 18.1 Å². The number of hydrogen-bond acceptors (Lipinski definition) is 6. The fourth-order valence-corrected chi connectivity index (χ4v) is 3.04. The third kappa shape index (κ3) is 5.17. The van der Waals surface area contributed by atoms with E-state index < -0.39 is 5.97 Å². The lowest BCUT2D eigenvalue weighted by atomic mass is 10.1. The molecule has 1 fully saturated rings. The van der Waals surface area contributed by atoms with Crippen LogP contribution in [0.15, 0.2) is 30.5 Å².